The topological polar surface area (TPSA) is 20.3 Å². The van der Waals surface area contributed by atoms with Crippen molar-refractivity contribution < 1.29 is 13.6 Å². The van der Waals surface area contributed by atoms with Crippen molar-refractivity contribution in [3.8, 4) is 0 Å². The molecule has 1 saturated heterocycles. The smallest absolute Gasteiger partial charge is 0.256 e. The van der Waals surface area contributed by atoms with Gasteiger partial charge in [-0.2, -0.15) is 0 Å². The fraction of sp³-hybridized carbons (Fsp3) is 0.500. The van der Waals surface area contributed by atoms with E-state index in [-0.39, 0.29) is 15.5 Å². The minimum Gasteiger partial charge on any atom is -0.339 e. The fourth-order valence-electron chi connectivity index (χ4n) is 2.18. The summed E-state index contributed by atoms with van der Waals surface area (Å²) in [5.74, 6) is -2.52. The molecule has 1 fully saturated rings. The van der Waals surface area contributed by atoms with Gasteiger partial charge in [-0.15, -0.1) is 0 Å². The minimum absolute atomic E-state index is 0.0290. The van der Waals surface area contributed by atoms with Crippen LogP contribution in [0.3, 0.4) is 0 Å². The molecule has 1 aliphatic rings. The zero-order chi connectivity index (χ0) is 14.2. The van der Waals surface area contributed by atoms with Crippen LogP contribution in [0.25, 0.3) is 0 Å². The largest absolute Gasteiger partial charge is 0.339 e. The molecule has 1 aromatic rings. The SMILES string of the molecule is CC1(C)CCN(C(=O)c2ccc(Br)c(F)c2F)CC1. The number of halogens is 3. The van der Waals surface area contributed by atoms with Crippen LogP contribution < -0.4 is 0 Å². The lowest BCUT2D eigenvalue weighted by atomic mass is 9.82. The van der Waals surface area contributed by atoms with E-state index in [9.17, 15) is 13.6 Å². The van der Waals surface area contributed by atoms with Crippen LogP contribution in [-0.2, 0) is 0 Å². The molecule has 104 valence electrons. The molecule has 0 radical (unpaired) electrons. The molecule has 0 unspecified atom stereocenters. The summed E-state index contributed by atoms with van der Waals surface area (Å²) < 4.78 is 27.2. The van der Waals surface area contributed by atoms with Gasteiger partial charge in [-0.25, -0.2) is 8.78 Å². The Morgan fingerprint density at radius 2 is 1.79 bits per heavy atom. The molecule has 2 rings (SSSR count). The maximum Gasteiger partial charge on any atom is 0.256 e. The highest BCUT2D eigenvalue weighted by atomic mass is 79.9. The molecular formula is C14H16BrF2NO. The summed E-state index contributed by atoms with van der Waals surface area (Å²) in [6.07, 6.45) is 1.75. The molecule has 0 atom stereocenters. The number of amides is 1. The van der Waals surface area contributed by atoms with Gasteiger partial charge < -0.3 is 4.90 Å². The van der Waals surface area contributed by atoms with Crippen LogP contribution in [0.2, 0.25) is 0 Å². The summed E-state index contributed by atoms with van der Waals surface area (Å²) in [6, 6.07) is 2.68. The van der Waals surface area contributed by atoms with E-state index in [1.807, 2.05) is 0 Å². The summed E-state index contributed by atoms with van der Waals surface area (Å²) in [7, 11) is 0. The maximum atomic E-state index is 13.8. The van der Waals surface area contributed by atoms with E-state index in [4.69, 9.17) is 0 Å². The fourth-order valence-corrected chi connectivity index (χ4v) is 2.48. The van der Waals surface area contributed by atoms with Crippen molar-refractivity contribution >= 4 is 21.8 Å². The van der Waals surface area contributed by atoms with Gasteiger partial charge in [0.2, 0.25) is 0 Å². The van der Waals surface area contributed by atoms with Crippen LogP contribution in [0, 0.1) is 17.0 Å². The normalized spacial score (nSPS) is 18.5. The predicted octanol–water partition coefficient (Wildman–Crippen LogP) is 3.99. The van der Waals surface area contributed by atoms with E-state index >= 15 is 0 Å². The Morgan fingerprint density at radius 3 is 2.37 bits per heavy atom. The minimum atomic E-state index is -1.08. The Bertz CT molecular complexity index is 506. The van der Waals surface area contributed by atoms with Crippen molar-refractivity contribution in [2.45, 2.75) is 26.7 Å². The van der Waals surface area contributed by atoms with Crippen LogP contribution in [0.4, 0.5) is 8.78 Å². The second kappa shape index (κ2) is 5.19. The Morgan fingerprint density at radius 1 is 1.21 bits per heavy atom. The number of hydrogen-bond donors (Lipinski definition) is 0. The lowest BCUT2D eigenvalue weighted by molar-refractivity contribution is 0.0624. The lowest BCUT2D eigenvalue weighted by Crippen LogP contribution is -2.41. The standard InChI is InChI=1S/C14H16BrF2NO/c1-14(2)5-7-18(8-6-14)13(19)9-3-4-10(15)12(17)11(9)16/h3-4H,5-8H2,1-2H3. The van der Waals surface area contributed by atoms with Crippen molar-refractivity contribution in [2.24, 2.45) is 5.41 Å². The molecule has 5 heteroatoms. The monoisotopic (exact) mass is 331 g/mol. The van der Waals surface area contributed by atoms with Crippen LogP contribution in [0.15, 0.2) is 16.6 Å². The molecule has 0 saturated carbocycles. The molecule has 0 aromatic heterocycles. The molecule has 19 heavy (non-hydrogen) atoms. The number of likely N-dealkylation sites (tertiary alicyclic amines) is 1. The van der Waals surface area contributed by atoms with Gasteiger partial charge in [0.15, 0.2) is 11.6 Å². The Kier molecular flexibility index (Phi) is 3.95. The number of nitrogens with zero attached hydrogens (tertiary/aromatic N) is 1. The second-order valence-electron chi connectivity index (χ2n) is 5.68. The third-order valence-corrected chi connectivity index (χ3v) is 4.28. The van der Waals surface area contributed by atoms with Crippen molar-refractivity contribution in [3.05, 3.63) is 33.8 Å². The van der Waals surface area contributed by atoms with Gasteiger partial charge in [-0.1, -0.05) is 13.8 Å². The molecule has 0 aliphatic carbocycles. The summed E-state index contributed by atoms with van der Waals surface area (Å²) in [4.78, 5) is 13.8. The molecule has 2 nitrogen and oxygen atoms in total. The van der Waals surface area contributed by atoms with Gasteiger partial charge in [0.25, 0.3) is 5.91 Å². The second-order valence-corrected chi connectivity index (χ2v) is 6.53. The van der Waals surface area contributed by atoms with Crippen LogP contribution in [0.5, 0.6) is 0 Å². The summed E-state index contributed by atoms with van der Waals surface area (Å²) >= 11 is 2.90. The van der Waals surface area contributed by atoms with Gasteiger partial charge in [0.1, 0.15) is 0 Å². The molecule has 0 N–H and O–H groups in total. The van der Waals surface area contributed by atoms with E-state index in [1.165, 1.54) is 12.1 Å². The van der Waals surface area contributed by atoms with Gasteiger partial charge in [-0.05, 0) is 46.3 Å². The highest BCUT2D eigenvalue weighted by molar-refractivity contribution is 9.10. The third-order valence-electron chi connectivity index (χ3n) is 3.67. The summed E-state index contributed by atoms with van der Waals surface area (Å²) in [5.41, 5.74) is 0.0146. The van der Waals surface area contributed by atoms with Crippen molar-refractivity contribution in [1.29, 1.82) is 0 Å². The summed E-state index contributed by atoms with van der Waals surface area (Å²) in [6.45, 7) is 5.47. The molecule has 1 heterocycles. The third kappa shape index (κ3) is 2.96. The Labute approximate surface area is 119 Å². The summed E-state index contributed by atoms with van der Waals surface area (Å²) in [5, 5.41) is 0. The molecule has 1 aliphatic heterocycles. The molecule has 1 amide bonds. The van der Waals surface area contributed by atoms with E-state index in [2.05, 4.69) is 29.8 Å². The molecule has 1 aromatic carbocycles. The zero-order valence-electron chi connectivity index (χ0n) is 11.0. The maximum absolute atomic E-state index is 13.8. The highest BCUT2D eigenvalue weighted by Gasteiger charge is 2.30. The number of rotatable bonds is 1. The van der Waals surface area contributed by atoms with Crippen molar-refractivity contribution in [1.82, 2.24) is 4.90 Å². The lowest BCUT2D eigenvalue weighted by Gasteiger charge is -2.37. The number of hydrogen-bond acceptors (Lipinski definition) is 1. The van der Waals surface area contributed by atoms with Crippen LogP contribution in [-0.4, -0.2) is 23.9 Å². The van der Waals surface area contributed by atoms with Gasteiger partial charge in [-0.3, -0.25) is 4.79 Å². The molecule has 0 bridgehead atoms. The van der Waals surface area contributed by atoms with Gasteiger partial charge >= 0.3 is 0 Å². The van der Waals surface area contributed by atoms with E-state index in [0.29, 0.717) is 13.1 Å². The Balaban J connectivity index is 2.20. The Hall–Kier alpha value is -0.970. The molecule has 0 spiro atoms. The number of carbonyl (C=O) groups excluding carboxylic acids is 1. The number of benzene rings is 1. The van der Waals surface area contributed by atoms with E-state index in [0.717, 1.165) is 12.8 Å². The van der Waals surface area contributed by atoms with E-state index in [1.54, 1.807) is 4.90 Å². The zero-order valence-corrected chi connectivity index (χ0v) is 12.6. The molecular weight excluding hydrogens is 316 g/mol. The van der Waals surface area contributed by atoms with Gasteiger partial charge in [0.05, 0.1) is 10.0 Å². The average molecular weight is 332 g/mol. The number of carbonyl (C=O) groups is 1. The first-order chi connectivity index (χ1) is 8.82. The first kappa shape index (κ1) is 14.4. The first-order valence-corrected chi connectivity index (χ1v) is 7.04. The average Bonchev–Trinajstić information content (AvgIpc) is 2.35. The number of piperidine rings is 1. The first-order valence-electron chi connectivity index (χ1n) is 6.24. The van der Waals surface area contributed by atoms with Crippen LogP contribution in [0.1, 0.15) is 37.0 Å². The van der Waals surface area contributed by atoms with Crippen LogP contribution >= 0.6 is 15.9 Å². The van der Waals surface area contributed by atoms with E-state index < -0.39 is 17.5 Å². The van der Waals surface area contributed by atoms with Gasteiger partial charge in [0, 0.05) is 13.1 Å². The van der Waals surface area contributed by atoms with Crippen molar-refractivity contribution in [3.63, 3.8) is 0 Å². The highest BCUT2D eigenvalue weighted by Crippen LogP contribution is 2.31. The predicted molar refractivity (Wildman–Crippen MR) is 73.0 cm³/mol. The van der Waals surface area contributed by atoms with Crippen molar-refractivity contribution in [2.75, 3.05) is 13.1 Å². The quantitative estimate of drug-likeness (QED) is 0.712.